The lowest BCUT2D eigenvalue weighted by atomic mass is 10.1. The smallest absolute Gasteiger partial charge is 0.272 e. The minimum atomic E-state index is -0.322. The molecule has 1 amide bonds. The third-order valence-electron chi connectivity index (χ3n) is 4.58. The molecule has 5 nitrogen and oxygen atoms in total. The standard InChI is InChI=1S/C24H17Br2N3O2/c25-21-11-16(13-28-29-24(30)18-8-4-10-27-14-18)12-22(26)23(21)31-15-19-7-3-6-17-5-1-2-9-20(17)19/h1-14H,15H2,(H,29,30)/b28-13+. The Morgan fingerprint density at radius 1 is 1.03 bits per heavy atom. The molecule has 3 aromatic carbocycles. The number of carbonyl (C=O) groups excluding carboxylic acids is 1. The van der Waals surface area contributed by atoms with Crippen LogP contribution in [0.15, 0.2) is 93.2 Å². The van der Waals surface area contributed by atoms with Crippen LogP contribution >= 0.6 is 31.9 Å². The fraction of sp³-hybridized carbons (Fsp3) is 0.0417. The van der Waals surface area contributed by atoms with Crippen molar-refractivity contribution in [1.29, 1.82) is 0 Å². The van der Waals surface area contributed by atoms with Gasteiger partial charge in [0.15, 0.2) is 0 Å². The number of carbonyl (C=O) groups is 1. The Morgan fingerprint density at radius 2 is 1.81 bits per heavy atom. The summed E-state index contributed by atoms with van der Waals surface area (Å²) in [6, 6.07) is 21.6. The number of nitrogens with one attached hydrogen (secondary N) is 1. The highest BCUT2D eigenvalue weighted by Gasteiger charge is 2.10. The average Bonchev–Trinajstić information content (AvgIpc) is 2.79. The van der Waals surface area contributed by atoms with Gasteiger partial charge in [-0.05, 0) is 78.0 Å². The second-order valence-corrected chi connectivity index (χ2v) is 8.39. The van der Waals surface area contributed by atoms with Crippen molar-refractivity contribution in [2.45, 2.75) is 6.61 Å². The molecule has 0 fully saturated rings. The lowest BCUT2D eigenvalue weighted by Crippen LogP contribution is -2.17. The first kappa shape index (κ1) is 21.2. The van der Waals surface area contributed by atoms with Crippen molar-refractivity contribution in [3.63, 3.8) is 0 Å². The molecule has 0 radical (unpaired) electrons. The zero-order valence-electron chi connectivity index (χ0n) is 16.3. The number of fused-ring (bicyclic) bond motifs is 1. The molecule has 0 aliphatic rings. The van der Waals surface area contributed by atoms with E-state index < -0.39 is 0 Å². The summed E-state index contributed by atoms with van der Waals surface area (Å²) in [5.74, 6) is 0.377. The molecule has 1 aromatic heterocycles. The number of aromatic nitrogens is 1. The molecule has 0 aliphatic heterocycles. The van der Waals surface area contributed by atoms with Crippen LogP contribution in [0.25, 0.3) is 10.8 Å². The van der Waals surface area contributed by atoms with E-state index in [0.717, 1.165) is 20.1 Å². The molecule has 0 atom stereocenters. The number of rotatable bonds is 6. The van der Waals surface area contributed by atoms with E-state index in [1.54, 1.807) is 24.5 Å². The van der Waals surface area contributed by atoms with Crippen LogP contribution in [0.5, 0.6) is 5.75 Å². The predicted octanol–water partition coefficient (Wildman–Crippen LogP) is 6.10. The van der Waals surface area contributed by atoms with E-state index in [0.29, 0.717) is 17.9 Å². The van der Waals surface area contributed by atoms with Gasteiger partial charge in [0.25, 0.3) is 5.91 Å². The van der Waals surface area contributed by atoms with Crippen molar-refractivity contribution in [1.82, 2.24) is 10.4 Å². The number of nitrogens with zero attached hydrogens (tertiary/aromatic N) is 2. The van der Waals surface area contributed by atoms with Crippen molar-refractivity contribution in [2.24, 2.45) is 5.10 Å². The SMILES string of the molecule is O=C(N/N=C/c1cc(Br)c(OCc2cccc3ccccc23)c(Br)c1)c1cccnc1. The fourth-order valence-electron chi connectivity index (χ4n) is 3.09. The summed E-state index contributed by atoms with van der Waals surface area (Å²) in [7, 11) is 0. The summed E-state index contributed by atoms with van der Waals surface area (Å²) in [5.41, 5.74) is 4.84. The van der Waals surface area contributed by atoms with Crippen LogP contribution in [0.3, 0.4) is 0 Å². The number of hydrazone groups is 1. The summed E-state index contributed by atoms with van der Waals surface area (Å²) < 4.78 is 7.66. The maximum Gasteiger partial charge on any atom is 0.272 e. The predicted molar refractivity (Wildman–Crippen MR) is 129 cm³/mol. The first-order chi connectivity index (χ1) is 15.1. The molecule has 0 spiro atoms. The fourth-order valence-corrected chi connectivity index (χ4v) is 4.54. The second kappa shape index (κ2) is 9.85. The number of benzene rings is 3. The highest BCUT2D eigenvalue weighted by molar-refractivity contribution is 9.11. The van der Waals surface area contributed by atoms with Crippen LogP contribution in [0, 0.1) is 0 Å². The van der Waals surface area contributed by atoms with Gasteiger partial charge in [0.1, 0.15) is 12.4 Å². The van der Waals surface area contributed by atoms with Crippen LogP contribution in [-0.2, 0) is 6.61 Å². The number of hydrogen-bond donors (Lipinski definition) is 1. The van der Waals surface area contributed by atoms with E-state index in [9.17, 15) is 4.79 Å². The van der Waals surface area contributed by atoms with Gasteiger partial charge in [0.2, 0.25) is 0 Å². The summed E-state index contributed by atoms with van der Waals surface area (Å²) in [6.45, 7) is 0.438. The van der Waals surface area contributed by atoms with E-state index in [1.165, 1.54) is 17.0 Å². The van der Waals surface area contributed by atoms with Crippen LogP contribution < -0.4 is 10.2 Å². The van der Waals surface area contributed by atoms with Crippen molar-refractivity contribution in [3.8, 4) is 5.75 Å². The highest BCUT2D eigenvalue weighted by atomic mass is 79.9. The van der Waals surface area contributed by atoms with Gasteiger partial charge in [-0.15, -0.1) is 0 Å². The Labute approximate surface area is 196 Å². The number of amides is 1. The molecular weight excluding hydrogens is 522 g/mol. The van der Waals surface area contributed by atoms with E-state index in [-0.39, 0.29) is 5.91 Å². The van der Waals surface area contributed by atoms with E-state index in [1.807, 2.05) is 30.3 Å². The van der Waals surface area contributed by atoms with Gasteiger partial charge in [0.05, 0.1) is 20.7 Å². The maximum atomic E-state index is 12.0. The maximum absolute atomic E-state index is 12.0. The monoisotopic (exact) mass is 537 g/mol. The van der Waals surface area contributed by atoms with Crippen LogP contribution in [0.2, 0.25) is 0 Å². The molecular formula is C24H17Br2N3O2. The summed E-state index contributed by atoms with van der Waals surface area (Å²) >= 11 is 7.13. The Balaban J connectivity index is 1.45. The Kier molecular flexibility index (Phi) is 6.74. The molecule has 31 heavy (non-hydrogen) atoms. The molecule has 1 N–H and O–H groups in total. The number of hydrogen-bond acceptors (Lipinski definition) is 4. The minimum Gasteiger partial charge on any atom is -0.487 e. The second-order valence-electron chi connectivity index (χ2n) is 6.68. The first-order valence-electron chi connectivity index (χ1n) is 9.44. The topological polar surface area (TPSA) is 63.6 Å². The largest absolute Gasteiger partial charge is 0.487 e. The van der Waals surface area contributed by atoms with Crippen molar-refractivity contribution in [3.05, 3.63) is 105 Å². The molecule has 0 bridgehead atoms. The molecule has 0 saturated heterocycles. The van der Waals surface area contributed by atoms with E-state index >= 15 is 0 Å². The van der Waals surface area contributed by atoms with Gasteiger partial charge in [0, 0.05) is 12.4 Å². The summed E-state index contributed by atoms with van der Waals surface area (Å²) in [5, 5.41) is 6.38. The first-order valence-corrected chi connectivity index (χ1v) is 11.0. The van der Waals surface area contributed by atoms with Gasteiger partial charge in [-0.3, -0.25) is 9.78 Å². The summed E-state index contributed by atoms with van der Waals surface area (Å²) in [6.07, 6.45) is 4.66. The zero-order valence-corrected chi connectivity index (χ0v) is 19.4. The molecule has 4 rings (SSSR count). The van der Waals surface area contributed by atoms with Crippen molar-refractivity contribution in [2.75, 3.05) is 0 Å². The molecule has 4 aromatic rings. The van der Waals surface area contributed by atoms with Crippen molar-refractivity contribution >= 4 is 54.8 Å². The normalized spacial score (nSPS) is 11.0. The highest BCUT2D eigenvalue weighted by Crippen LogP contribution is 2.35. The van der Waals surface area contributed by atoms with Gasteiger partial charge in [-0.1, -0.05) is 42.5 Å². The number of pyridine rings is 1. The lowest BCUT2D eigenvalue weighted by molar-refractivity contribution is 0.0955. The van der Waals surface area contributed by atoms with E-state index in [2.05, 4.69) is 71.6 Å². The molecule has 0 aliphatic carbocycles. The molecule has 0 unspecified atom stereocenters. The van der Waals surface area contributed by atoms with Crippen molar-refractivity contribution < 1.29 is 9.53 Å². The zero-order chi connectivity index (χ0) is 21.6. The molecule has 1 heterocycles. The van der Waals surface area contributed by atoms with Crippen LogP contribution in [-0.4, -0.2) is 17.1 Å². The van der Waals surface area contributed by atoms with Crippen LogP contribution in [0.4, 0.5) is 0 Å². The van der Waals surface area contributed by atoms with Crippen LogP contribution in [0.1, 0.15) is 21.5 Å². The van der Waals surface area contributed by atoms with Gasteiger partial charge < -0.3 is 4.74 Å². The quantitative estimate of drug-likeness (QED) is 0.238. The molecule has 154 valence electrons. The third-order valence-corrected chi connectivity index (χ3v) is 5.75. The third kappa shape index (κ3) is 5.18. The molecule has 7 heteroatoms. The average molecular weight is 539 g/mol. The van der Waals surface area contributed by atoms with Gasteiger partial charge >= 0.3 is 0 Å². The Morgan fingerprint density at radius 3 is 2.58 bits per heavy atom. The van der Waals surface area contributed by atoms with E-state index in [4.69, 9.17) is 4.74 Å². The summed E-state index contributed by atoms with van der Waals surface area (Å²) in [4.78, 5) is 16.0. The lowest BCUT2D eigenvalue weighted by Gasteiger charge is -2.13. The Hall–Kier alpha value is -3.03. The minimum absolute atomic E-state index is 0.322. The van der Waals surface area contributed by atoms with Gasteiger partial charge in [-0.25, -0.2) is 5.43 Å². The van der Waals surface area contributed by atoms with Gasteiger partial charge in [-0.2, -0.15) is 5.10 Å². The number of ether oxygens (including phenoxy) is 1. The Bertz CT molecular complexity index is 1230. The molecule has 0 saturated carbocycles. The number of halogens is 2.